The van der Waals surface area contributed by atoms with E-state index in [9.17, 15) is 9.59 Å². The molecule has 2 amide bonds. The van der Waals surface area contributed by atoms with Gasteiger partial charge in [0.25, 0.3) is 5.91 Å². The summed E-state index contributed by atoms with van der Waals surface area (Å²) in [5.74, 6) is 0.0572. The molecule has 1 atom stereocenters. The van der Waals surface area contributed by atoms with Crippen LogP contribution in [-0.4, -0.2) is 35.4 Å². The SMILES string of the molecule is CC(C)NC(=O)[C@@H](C)N(Cc1ccccc1Cl)C(=O)COc1ccc(Br)cc1. The molecule has 28 heavy (non-hydrogen) atoms. The molecule has 0 aliphatic carbocycles. The number of amides is 2. The largest absolute Gasteiger partial charge is 0.484 e. The zero-order valence-electron chi connectivity index (χ0n) is 16.1. The molecule has 0 bridgehead atoms. The average molecular weight is 468 g/mol. The number of hydrogen-bond acceptors (Lipinski definition) is 3. The van der Waals surface area contributed by atoms with Gasteiger partial charge in [0.15, 0.2) is 6.61 Å². The maximum atomic E-state index is 12.9. The third-order valence-corrected chi connectivity index (χ3v) is 4.97. The van der Waals surface area contributed by atoms with E-state index in [1.807, 2.05) is 44.2 Å². The second-order valence-corrected chi connectivity index (χ2v) is 8.02. The second kappa shape index (κ2) is 10.5. The first-order valence-electron chi connectivity index (χ1n) is 8.99. The van der Waals surface area contributed by atoms with Crippen molar-refractivity contribution in [3.63, 3.8) is 0 Å². The number of benzene rings is 2. The van der Waals surface area contributed by atoms with Crippen molar-refractivity contribution in [3.8, 4) is 5.75 Å². The van der Waals surface area contributed by atoms with Crippen molar-refractivity contribution in [2.24, 2.45) is 0 Å². The summed E-state index contributed by atoms with van der Waals surface area (Å²) in [6, 6.07) is 13.8. The van der Waals surface area contributed by atoms with Crippen LogP contribution in [0, 0.1) is 0 Å². The van der Waals surface area contributed by atoms with Crippen LogP contribution in [0.25, 0.3) is 0 Å². The van der Waals surface area contributed by atoms with Crippen LogP contribution in [0.5, 0.6) is 5.75 Å². The van der Waals surface area contributed by atoms with Gasteiger partial charge in [0.1, 0.15) is 11.8 Å². The maximum Gasteiger partial charge on any atom is 0.261 e. The van der Waals surface area contributed by atoms with Crippen molar-refractivity contribution in [1.82, 2.24) is 10.2 Å². The molecule has 7 heteroatoms. The lowest BCUT2D eigenvalue weighted by Gasteiger charge is -2.29. The van der Waals surface area contributed by atoms with Crippen LogP contribution >= 0.6 is 27.5 Å². The Hall–Kier alpha value is -2.05. The fraction of sp³-hybridized carbons (Fsp3) is 0.333. The first-order chi connectivity index (χ1) is 13.3. The number of ether oxygens (including phenoxy) is 1. The van der Waals surface area contributed by atoms with Crippen molar-refractivity contribution >= 4 is 39.3 Å². The summed E-state index contributed by atoms with van der Waals surface area (Å²) >= 11 is 9.61. The molecule has 0 unspecified atom stereocenters. The van der Waals surface area contributed by atoms with E-state index in [1.54, 1.807) is 25.1 Å². The van der Waals surface area contributed by atoms with E-state index in [2.05, 4.69) is 21.2 Å². The Bertz CT molecular complexity index is 812. The van der Waals surface area contributed by atoms with Gasteiger partial charge in [-0.25, -0.2) is 0 Å². The minimum atomic E-state index is -0.667. The molecule has 5 nitrogen and oxygen atoms in total. The number of nitrogens with zero attached hydrogens (tertiary/aromatic N) is 1. The molecule has 2 aromatic rings. The highest BCUT2D eigenvalue weighted by molar-refractivity contribution is 9.10. The smallest absolute Gasteiger partial charge is 0.261 e. The molecule has 1 N–H and O–H groups in total. The lowest BCUT2D eigenvalue weighted by atomic mass is 10.1. The molecule has 0 heterocycles. The molecular weight excluding hydrogens is 444 g/mol. The summed E-state index contributed by atoms with van der Waals surface area (Å²) < 4.78 is 6.53. The number of nitrogens with one attached hydrogen (secondary N) is 1. The van der Waals surface area contributed by atoms with E-state index in [-0.39, 0.29) is 31.0 Å². The quantitative estimate of drug-likeness (QED) is 0.625. The fourth-order valence-corrected chi connectivity index (χ4v) is 3.02. The lowest BCUT2D eigenvalue weighted by Crippen LogP contribution is -2.50. The number of carbonyl (C=O) groups excluding carboxylic acids is 2. The molecule has 0 spiro atoms. The molecule has 2 aromatic carbocycles. The molecule has 0 aromatic heterocycles. The predicted octanol–water partition coefficient (Wildman–Crippen LogP) is 4.42. The molecule has 2 rings (SSSR count). The highest BCUT2D eigenvalue weighted by Crippen LogP contribution is 2.20. The fourth-order valence-electron chi connectivity index (χ4n) is 2.56. The summed E-state index contributed by atoms with van der Waals surface area (Å²) in [6.07, 6.45) is 0. The molecular formula is C21H24BrClN2O3. The summed E-state index contributed by atoms with van der Waals surface area (Å²) in [6.45, 7) is 5.50. The standard InChI is InChI=1S/C21H24BrClN2O3/c1-14(2)24-21(27)15(3)25(12-16-6-4-5-7-19(16)23)20(26)13-28-18-10-8-17(22)9-11-18/h4-11,14-15H,12-13H2,1-3H3,(H,24,27)/t15-/m1/s1. The van der Waals surface area contributed by atoms with Gasteiger partial charge in [0.2, 0.25) is 5.91 Å². The summed E-state index contributed by atoms with van der Waals surface area (Å²) in [5.41, 5.74) is 0.769. The van der Waals surface area contributed by atoms with Gasteiger partial charge in [-0.2, -0.15) is 0 Å². The van der Waals surface area contributed by atoms with Crippen molar-refractivity contribution in [1.29, 1.82) is 0 Å². The number of halogens is 2. The van der Waals surface area contributed by atoms with Gasteiger partial charge in [0, 0.05) is 22.1 Å². The minimum Gasteiger partial charge on any atom is -0.484 e. The van der Waals surface area contributed by atoms with Gasteiger partial charge in [-0.3, -0.25) is 9.59 Å². The molecule has 150 valence electrons. The normalized spacial score (nSPS) is 11.8. The monoisotopic (exact) mass is 466 g/mol. The van der Waals surface area contributed by atoms with Gasteiger partial charge in [-0.1, -0.05) is 45.7 Å². The Morgan fingerprint density at radius 3 is 2.36 bits per heavy atom. The molecule has 0 aliphatic rings. The predicted molar refractivity (Wildman–Crippen MR) is 114 cm³/mol. The average Bonchev–Trinajstić information content (AvgIpc) is 2.65. The third kappa shape index (κ3) is 6.53. The van der Waals surface area contributed by atoms with Gasteiger partial charge >= 0.3 is 0 Å². The zero-order valence-corrected chi connectivity index (χ0v) is 18.5. The van der Waals surface area contributed by atoms with E-state index in [1.165, 1.54) is 4.90 Å². The number of rotatable bonds is 8. The van der Waals surface area contributed by atoms with Crippen LogP contribution in [0.2, 0.25) is 5.02 Å². The van der Waals surface area contributed by atoms with E-state index < -0.39 is 6.04 Å². The molecule has 0 radical (unpaired) electrons. The van der Waals surface area contributed by atoms with Crippen LogP contribution in [0.15, 0.2) is 53.0 Å². The van der Waals surface area contributed by atoms with Gasteiger partial charge in [0.05, 0.1) is 0 Å². The van der Waals surface area contributed by atoms with Crippen molar-refractivity contribution in [3.05, 3.63) is 63.6 Å². The van der Waals surface area contributed by atoms with E-state index in [4.69, 9.17) is 16.3 Å². The number of hydrogen-bond donors (Lipinski definition) is 1. The van der Waals surface area contributed by atoms with Crippen LogP contribution in [-0.2, 0) is 16.1 Å². The first kappa shape index (κ1) is 22.2. The summed E-state index contributed by atoms with van der Waals surface area (Å²) in [4.78, 5) is 26.9. The number of carbonyl (C=O) groups is 2. The Morgan fingerprint density at radius 2 is 1.75 bits per heavy atom. The summed E-state index contributed by atoms with van der Waals surface area (Å²) in [7, 11) is 0. The van der Waals surface area contributed by atoms with E-state index in [0.29, 0.717) is 10.8 Å². The topological polar surface area (TPSA) is 58.6 Å². The highest BCUT2D eigenvalue weighted by Gasteiger charge is 2.27. The Balaban J connectivity index is 2.15. The molecule has 0 saturated carbocycles. The summed E-state index contributed by atoms with van der Waals surface area (Å²) in [5, 5.41) is 3.39. The van der Waals surface area contributed by atoms with E-state index >= 15 is 0 Å². The highest BCUT2D eigenvalue weighted by atomic mass is 79.9. The maximum absolute atomic E-state index is 12.9. The van der Waals surface area contributed by atoms with Crippen LogP contribution < -0.4 is 10.1 Å². The van der Waals surface area contributed by atoms with Crippen molar-refractivity contribution in [2.45, 2.75) is 39.4 Å². The van der Waals surface area contributed by atoms with Gasteiger partial charge in [-0.05, 0) is 56.7 Å². The zero-order chi connectivity index (χ0) is 20.7. The van der Waals surface area contributed by atoms with Gasteiger partial charge < -0.3 is 15.0 Å². The van der Waals surface area contributed by atoms with E-state index in [0.717, 1.165) is 10.0 Å². The third-order valence-electron chi connectivity index (χ3n) is 4.07. The van der Waals surface area contributed by atoms with Gasteiger partial charge in [-0.15, -0.1) is 0 Å². The Labute approximate surface area is 179 Å². The molecule has 0 aliphatic heterocycles. The first-order valence-corrected chi connectivity index (χ1v) is 10.2. The Morgan fingerprint density at radius 1 is 1.11 bits per heavy atom. The second-order valence-electron chi connectivity index (χ2n) is 6.69. The van der Waals surface area contributed by atoms with Crippen molar-refractivity contribution in [2.75, 3.05) is 6.61 Å². The lowest BCUT2D eigenvalue weighted by molar-refractivity contribution is -0.142. The molecule has 0 saturated heterocycles. The van der Waals surface area contributed by atoms with Crippen LogP contribution in [0.1, 0.15) is 26.3 Å². The van der Waals surface area contributed by atoms with Crippen LogP contribution in [0.4, 0.5) is 0 Å². The van der Waals surface area contributed by atoms with Crippen molar-refractivity contribution < 1.29 is 14.3 Å². The van der Waals surface area contributed by atoms with Crippen LogP contribution in [0.3, 0.4) is 0 Å². The Kier molecular flexibility index (Phi) is 8.33. The minimum absolute atomic E-state index is 0.0220. The molecule has 0 fully saturated rings.